The van der Waals surface area contributed by atoms with Crippen molar-refractivity contribution < 1.29 is 9.90 Å². The molecule has 0 aliphatic carbocycles. The van der Waals surface area contributed by atoms with Gasteiger partial charge in [0.15, 0.2) is 0 Å². The minimum absolute atomic E-state index is 0.105. The quantitative estimate of drug-likeness (QED) is 0.890. The van der Waals surface area contributed by atoms with Crippen LogP contribution in [-0.4, -0.2) is 35.5 Å². The molecule has 0 spiro atoms. The van der Waals surface area contributed by atoms with E-state index < -0.39 is 0 Å². The zero-order chi connectivity index (χ0) is 14.7. The Morgan fingerprint density at radius 2 is 2.15 bits per heavy atom. The third-order valence-electron chi connectivity index (χ3n) is 4.35. The van der Waals surface area contributed by atoms with Crippen molar-refractivity contribution in [1.82, 2.24) is 10.2 Å². The summed E-state index contributed by atoms with van der Waals surface area (Å²) in [4.78, 5) is 14.3. The first-order valence-corrected chi connectivity index (χ1v) is 7.30. The number of nitrogens with one attached hydrogen (secondary N) is 1. The van der Waals surface area contributed by atoms with E-state index in [-0.39, 0.29) is 23.7 Å². The fourth-order valence-corrected chi connectivity index (χ4v) is 2.84. The van der Waals surface area contributed by atoms with Gasteiger partial charge in [0.25, 0.3) is 0 Å². The summed E-state index contributed by atoms with van der Waals surface area (Å²) in [6.07, 6.45) is 2.21. The minimum Gasteiger partial charge on any atom is -0.508 e. The van der Waals surface area contributed by atoms with E-state index in [9.17, 15) is 9.90 Å². The minimum atomic E-state index is -0.139. The summed E-state index contributed by atoms with van der Waals surface area (Å²) in [5.74, 6) is 0.701. The van der Waals surface area contributed by atoms with Crippen LogP contribution in [0.3, 0.4) is 0 Å². The molecule has 0 saturated carbocycles. The van der Waals surface area contributed by atoms with Crippen molar-refractivity contribution in [3.05, 3.63) is 29.8 Å². The zero-order valence-electron chi connectivity index (χ0n) is 12.5. The van der Waals surface area contributed by atoms with Crippen LogP contribution in [0.15, 0.2) is 24.3 Å². The number of likely N-dealkylation sites (N-methyl/N-ethyl adjacent to an activating group) is 1. The van der Waals surface area contributed by atoms with Gasteiger partial charge in [0.1, 0.15) is 5.75 Å². The molecule has 1 amide bonds. The molecule has 3 atom stereocenters. The SMILES string of the molecule is CC1CCCNC1C(=O)N(C)C(C)c1ccccc1O. The van der Waals surface area contributed by atoms with Crippen LogP contribution < -0.4 is 5.32 Å². The average molecular weight is 276 g/mol. The van der Waals surface area contributed by atoms with Gasteiger partial charge in [-0.1, -0.05) is 25.1 Å². The number of amides is 1. The van der Waals surface area contributed by atoms with Crippen molar-refractivity contribution in [2.45, 2.75) is 38.8 Å². The van der Waals surface area contributed by atoms with Crippen LogP contribution >= 0.6 is 0 Å². The molecule has 0 bridgehead atoms. The number of piperidine rings is 1. The molecule has 1 aliphatic heterocycles. The summed E-state index contributed by atoms with van der Waals surface area (Å²) in [7, 11) is 1.81. The van der Waals surface area contributed by atoms with Crippen LogP contribution in [-0.2, 0) is 4.79 Å². The topological polar surface area (TPSA) is 52.6 Å². The Morgan fingerprint density at radius 1 is 1.45 bits per heavy atom. The van der Waals surface area contributed by atoms with Gasteiger partial charge in [-0.3, -0.25) is 4.79 Å². The lowest BCUT2D eigenvalue weighted by molar-refractivity contribution is -0.136. The van der Waals surface area contributed by atoms with E-state index in [1.54, 1.807) is 17.0 Å². The maximum absolute atomic E-state index is 12.6. The van der Waals surface area contributed by atoms with Crippen molar-refractivity contribution in [3.8, 4) is 5.75 Å². The Labute approximate surface area is 120 Å². The highest BCUT2D eigenvalue weighted by Gasteiger charge is 2.31. The Kier molecular flexibility index (Phi) is 4.65. The Morgan fingerprint density at radius 3 is 2.80 bits per heavy atom. The second kappa shape index (κ2) is 6.27. The van der Waals surface area contributed by atoms with Gasteiger partial charge in [-0.05, 0) is 38.3 Å². The Balaban J connectivity index is 2.12. The van der Waals surface area contributed by atoms with Crippen molar-refractivity contribution in [3.63, 3.8) is 0 Å². The molecule has 1 heterocycles. The van der Waals surface area contributed by atoms with Gasteiger partial charge < -0.3 is 15.3 Å². The van der Waals surface area contributed by atoms with Crippen molar-refractivity contribution in [2.24, 2.45) is 5.92 Å². The monoisotopic (exact) mass is 276 g/mol. The lowest BCUT2D eigenvalue weighted by Crippen LogP contribution is -2.51. The van der Waals surface area contributed by atoms with Crippen LogP contribution in [0, 0.1) is 5.92 Å². The summed E-state index contributed by atoms with van der Waals surface area (Å²) in [5, 5.41) is 13.2. The highest BCUT2D eigenvalue weighted by atomic mass is 16.3. The van der Waals surface area contributed by atoms with Crippen molar-refractivity contribution >= 4 is 5.91 Å². The van der Waals surface area contributed by atoms with E-state index in [1.165, 1.54) is 0 Å². The molecular formula is C16H24N2O2. The molecule has 0 radical (unpaired) electrons. The highest BCUT2D eigenvalue weighted by molar-refractivity contribution is 5.82. The number of para-hydroxylation sites is 1. The van der Waals surface area contributed by atoms with Gasteiger partial charge in [-0.2, -0.15) is 0 Å². The molecular weight excluding hydrogens is 252 g/mol. The van der Waals surface area contributed by atoms with Gasteiger partial charge in [-0.15, -0.1) is 0 Å². The van der Waals surface area contributed by atoms with Gasteiger partial charge in [0.2, 0.25) is 5.91 Å². The Hall–Kier alpha value is -1.55. The first-order chi connectivity index (χ1) is 9.52. The van der Waals surface area contributed by atoms with Crippen LogP contribution in [0.4, 0.5) is 0 Å². The lowest BCUT2D eigenvalue weighted by Gasteiger charge is -2.35. The maximum atomic E-state index is 12.6. The third kappa shape index (κ3) is 2.96. The van der Waals surface area contributed by atoms with E-state index in [1.807, 2.05) is 26.1 Å². The summed E-state index contributed by atoms with van der Waals surface area (Å²) in [5.41, 5.74) is 0.784. The van der Waals surface area contributed by atoms with E-state index in [0.717, 1.165) is 24.9 Å². The number of carbonyl (C=O) groups is 1. The first kappa shape index (κ1) is 14.9. The Bertz CT molecular complexity index is 475. The van der Waals surface area contributed by atoms with Gasteiger partial charge in [0, 0.05) is 12.6 Å². The molecule has 1 aromatic rings. The van der Waals surface area contributed by atoms with Crippen LogP contribution in [0.2, 0.25) is 0 Å². The van der Waals surface area contributed by atoms with Crippen LogP contribution in [0.25, 0.3) is 0 Å². The second-order valence-electron chi connectivity index (χ2n) is 5.74. The standard InChI is InChI=1S/C16H24N2O2/c1-11-7-6-10-17-15(11)16(20)18(3)12(2)13-8-4-5-9-14(13)19/h4-5,8-9,11-12,15,17,19H,6-7,10H2,1-3H3. The van der Waals surface area contributed by atoms with Crippen molar-refractivity contribution in [2.75, 3.05) is 13.6 Å². The molecule has 20 heavy (non-hydrogen) atoms. The fourth-order valence-electron chi connectivity index (χ4n) is 2.84. The number of phenolic OH excluding ortho intramolecular Hbond substituents is 1. The number of phenols is 1. The van der Waals surface area contributed by atoms with E-state index >= 15 is 0 Å². The van der Waals surface area contributed by atoms with Crippen LogP contribution in [0.1, 0.15) is 38.3 Å². The van der Waals surface area contributed by atoms with E-state index in [0.29, 0.717) is 5.92 Å². The first-order valence-electron chi connectivity index (χ1n) is 7.30. The summed E-state index contributed by atoms with van der Waals surface area (Å²) >= 11 is 0. The molecule has 4 heteroatoms. The number of benzene rings is 1. The third-order valence-corrected chi connectivity index (χ3v) is 4.35. The second-order valence-corrected chi connectivity index (χ2v) is 5.74. The molecule has 1 fully saturated rings. The van der Waals surface area contributed by atoms with Gasteiger partial charge in [-0.25, -0.2) is 0 Å². The predicted molar refractivity (Wildman–Crippen MR) is 79.5 cm³/mol. The lowest BCUT2D eigenvalue weighted by atomic mass is 9.91. The van der Waals surface area contributed by atoms with Crippen molar-refractivity contribution in [1.29, 1.82) is 0 Å². The summed E-state index contributed by atoms with van der Waals surface area (Å²) in [6, 6.07) is 6.94. The molecule has 1 saturated heterocycles. The van der Waals surface area contributed by atoms with Gasteiger partial charge >= 0.3 is 0 Å². The predicted octanol–water partition coefficient (Wildman–Crippen LogP) is 2.30. The normalized spacial score (nSPS) is 24.1. The molecule has 1 aromatic carbocycles. The van der Waals surface area contributed by atoms with Gasteiger partial charge in [0.05, 0.1) is 12.1 Å². The number of nitrogens with zero attached hydrogens (tertiary/aromatic N) is 1. The largest absolute Gasteiger partial charge is 0.508 e. The average Bonchev–Trinajstić information content (AvgIpc) is 2.46. The van der Waals surface area contributed by atoms with E-state index in [2.05, 4.69) is 12.2 Å². The summed E-state index contributed by atoms with van der Waals surface area (Å²) < 4.78 is 0. The molecule has 4 nitrogen and oxygen atoms in total. The number of hydrogen-bond acceptors (Lipinski definition) is 3. The molecule has 3 unspecified atom stereocenters. The molecule has 2 N–H and O–H groups in total. The maximum Gasteiger partial charge on any atom is 0.240 e. The fraction of sp³-hybridized carbons (Fsp3) is 0.562. The highest BCUT2D eigenvalue weighted by Crippen LogP contribution is 2.28. The number of hydrogen-bond donors (Lipinski definition) is 2. The molecule has 1 aliphatic rings. The smallest absolute Gasteiger partial charge is 0.240 e. The van der Waals surface area contributed by atoms with E-state index in [4.69, 9.17) is 0 Å². The number of carbonyl (C=O) groups excluding carboxylic acids is 1. The number of aromatic hydroxyl groups is 1. The zero-order valence-corrected chi connectivity index (χ0v) is 12.5. The van der Waals surface area contributed by atoms with Crippen LogP contribution in [0.5, 0.6) is 5.75 Å². The molecule has 2 rings (SSSR count). The number of rotatable bonds is 3. The summed E-state index contributed by atoms with van der Waals surface area (Å²) in [6.45, 7) is 4.97. The molecule has 110 valence electrons. The molecule has 0 aromatic heterocycles.